The van der Waals surface area contributed by atoms with Crippen molar-refractivity contribution in [2.24, 2.45) is 0 Å². The molecule has 0 unspecified atom stereocenters. The van der Waals surface area contributed by atoms with Gasteiger partial charge in [0.25, 0.3) is 6.29 Å². The molecule has 1 fully saturated rings. The zero-order valence-electron chi connectivity index (χ0n) is 8.90. The fourth-order valence-electron chi connectivity index (χ4n) is 1.29. The minimum absolute atomic E-state index is 0.448. The second kappa shape index (κ2) is 6.22. The lowest BCUT2D eigenvalue weighted by Gasteiger charge is -2.02. The first-order valence-corrected chi connectivity index (χ1v) is 5.30. The molecule has 0 aliphatic carbocycles. The standard InChI is InChI=1S/C11H16O4/c1-2-3-4-5-6-7-8-9-14-10(12)11(13)15-9/h6-7,9H,2-5,8H2,1H3/b7-6+. The number of ether oxygens (including phenoxy) is 2. The number of unbranched alkanes of at least 4 members (excludes halogenated alkanes) is 3. The van der Waals surface area contributed by atoms with Crippen molar-refractivity contribution in [3.8, 4) is 0 Å². The van der Waals surface area contributed by atoms with Crippen LogP contribution < -0.4 is 0 Å². The lowest BCUT2D eigenvalue weighted by atomic mass is 10.2. The van der Waals surface area contributed by atoms with Gasteiger partial charge in [0.1, 0.15) is 0 Å². The Hall–Kier alpha value is -1.32. The summed E-state index contributed by atoms with van der Waals surface area (Å²) in [5.74, 6) is -1.78. The van der Waals surface area contributed by atoms with Gasteiger partial charge in [-0.3, -0.25) is 0 Å². The number of hydrogen-bond donors (Lipinski definition) is 0. The molecule has 0 radical (unpaired) electrons. The Balaban J connectivity index is 2.10. The van der Waals surface area contributed by atoms with Crippen molar-refractivity contribution in [2.45, 2.75) is 45.3 Å². The highest BCUT2D eigenvalue weighted by atomic mass is 16.8. The number of carbonyl (C=O) groups is 2. The van der Waals surface area contributed by atoms with Gasteiger partial charge < -0.3 is 9.47 Å². The monoisotopic (exact) mass is 212 g/mol. The quantitative estimate of drug-likeness (QED) is 0.292. The van der Waals surface area contributed by atoms with Crippen LogP contribution in [0.2, 0.25) is 0 Å². The first-order valence-electron chi connectivity index (χ1n) is 5.30. The maximum atomic E-state index is 10.6. The zero-order valence-corrected chi connectivity index (χ0v) is 8.90. The molecule has 1 rings (SSSR count). The van der Waals surface area contributed by atoms with Gasteiger partial charge in [0.05, 0.1) is 0 Å². The Morgan fingerprint density at radius 3 is 2.40 bits per heavy atom. The number of cyclic esters (lactones) is 2. The molecular formula is C11H16O4. The topological polar surface area (TPSA) is 52.6 Å². The highest BCUT2D eigenvalue weighted by Crippen LogP contribution is 2.11. The summed E-state index contributed by atoms with van der Waals surface area (Å²) < 4.78 is 9.28. The van der Waals surface area contributed by atoms with Gasteiger partial charge in [-0.1, -0.05) is 31.9 Å². The van der Waals surface area contributed by atoms with Gasteiger partial charge in [-0.05, 0) is 12.8 Å². The predicted molar refractivity (Wildman–Crippen MR) is 53.9 cm³/mol. The van der Waals surface area contributed by atoms with E-state index < -0.39 is 18.2 Å². The normalized spacial score (nSPS) is 17.1. The van der Waals surface area contributed by atoms with E-state index >= 15 is 0 Å². The number of allylic oxidation sites excluding steroid dienone is 1. The van der Waals surface area contributed by atoms with Crippen LogP contribution in [0.15, 0.2) is 12.2 Å². The van der Waals surface area contributed by atoms with Crippen molar-refractivity contribution in [2.75, 3.05) is 0 Å². The Labute approximate surface area is 89.2 Å². The fraction of sp³-hybridized carbons (Fsp3) is 0.636. The van der Waals surface area contributed by atoms with Crippen LogP contribution in [0.1, 0.15) is 39.0 Å². The van der Waals surface area contributed by atoms with Gasteiger partial charge in [0, 0.05) is 6.42 Å². The maximum Gasteiger partial charge on any atom is 0.420 e. The molecule has 0 aromatic rings. The van der Waals surface area contributed by atoms with Crippen molar-refractivity contribution >= 4 is 11.9 Å². The van der Waals surface area contributed by atoms with E-state index in [0.29, 0.717) is 6.42 Å². The molecule has 0 N–H and O–H groups in total. The van der Waals surface area contributed by atoms with Crippen LogP contribution in [-0.2, 0) is 19.1 Å². The van der Waals surface area contributed by atoms with E-state index in [1.165, 1.54) is 12.8 Å². The summed E-state index contributed by atoms with van der Waals surface area (Å²) in [6, 6.07) is 0. The largest absolute Gasteiger partial charge is 0.420 e. The van der Waals surface area contributed by atoms with Crippen LogP contribution in [0.5, 0.6) is 0 Å². The van der Waals surface area contributed by atoms with Crippen molar-refractivity contribution in [1.82, 2.24) is 0 Å². The van der Waals surface area contributed by atoms with Gasteiger partial charge in [-0.15, -0.1) is 0 Å². The summed E-state index contributed by atoms with van der Waals surface area (Å²) in [6.45, 7) is 2.15. The van der Waals surface area contributed by atoms with Crippen LogP contribution in [0, 0.1) is 0 Å². The van der Waals surface area contributed by atoms with Gasteiger partial charge >= 0.3 is 11.9 Å². The number of rotatable bonds is 6. The molecule has 1 heterocycles. The third-order valence-corrected chi connectivity index (χ3v) is 2.11. The molecule has 1 aliphatic heterocycles. The van der Waals surface area contributed by atoms with E-state index in [0.717, 1.165) is 12.8 Å². The molecule has 1 aliphatic rings. The maximum absolute atomic E-state index is 10.6. The van der Waals surface area contributed by atoms with Crippen LogP contribution in [0.3, 0.4) is 0 Å². The van der Waals surface area contributed by atoms with Crippen LogP contribution in [0.4, 0.5) is 0 Å². The van der Waals surface area contributed by atoms with E-state index in [1.807, 2.05) is 12.2 Å². The first kappa shape index (κ1) is 11.8. The van der Waals surface area contributed by atoms with Gasteiger partial charge in [-0.2, -0.15) is 0 Å². The molecule has 0 spiro atoms. The van der Waals surface area contributed by atoms with E-state index in [-0.39, 0.29) is 0 Å². The van der Waals surface area contributed by atoms with Crippen molar-refractivity contribution in [3.05, 3.63) is 12.2 Å². The smallest absolute Gasteiger partial charge is 0.416 e. The van der Waals surface area contributed by atoms with E-state index in [9.17, 15) is 9.59 Å². The highest BCUT2D eigenvalue weighted by Gasteiger charge is 2.33. The third-order valence-electron chi connectivity index (χ3n) is 2.11. The lowest BCUT2D eigenvalue weighted by molar-refractivity contribution is -0.150. The average molecular weight is 212 g/mol. The minimum Gasteiger partial charge on any atom is -0.416 e. The minimum atomic E-state index is -0.889. The Morgan fingerprint density at radius 1 is 1.13 bits per heavy atom. The SMILES string of the molecule is CCCCC/C=C/CC1OC(=O)C(=O)O1. The summed E-state index contributed by atoms with van der Waals surface area (Å²) in [7, 11) is 0. The molecule has 0 aromatic carbocycles. The molecule has 84 valence electrons. The molecule has 0 amide bonds. The summed E-state index contributed by atoms with van der Waals surface area (Å²) in [4.78, 5) is 21.3. The molecule has 15 heavy (non-hydrogen) atoms. The Morgan fingerprint density at radius 2 is 1.80 bits per heavy atom. The number of esters is 2. The third kappa shape index (κ3) is 4.14. The van der Waals surface area contributed by atoms with Crippen molar-refractivity contribution in [3.63, 3.8) is 0 Å². The summed E-state index contributed by atoms with van der Waals surface area (Å²) in [6.07, 6.45) is 8.24. The fourth-order valence-corrected chi connectivity index (χ4v) is 1.29. The van der Waals surface area contributed by atoms with E-state index in [1.54, 1.807) is 0 Å². The average Bonchev–Trinajstić information content (AvgIpc) is 2.52. The van der Waals surface area contributed by atoms with Crippen LogP contribution >= 0.6 is 0 Å². The molecular weight excluding hydrogens is 196 g/mol. The molecule has 4 nitrogen and oxygen atoms in total. The Kier molecular flexibility index (Phi) is 4.87. The molecule has 0 atom stereocenters. The number of carbonyl (C=O) groups excluding carboxylic acids is 2. The summed E-state index contributed by atoms with van der Waals surface area (Å²) in [5, 5.41) is 0. The van der Waals surface area contributed by atoms with Crippen LogP contribution in [-0.4, -0.2) is 18.2 Å². The Bertz CT molecular complexity index is 241. The van der Waals surface area contributed by atoms with E-state index in [2.05, 4.69) is 16.4 Å². The van der Waals surface area contributed by atoms with Crippen LogP contribution in [0.25, 0.3) is 0 Å². The molecule has 0 saturated carbocycles. The second-order valence-corrected chi connectivity index (χ2v) is 3.44. The predicted octanol–water partition coefficient (Wildman–Crippen LogP) is 1.94. The van der Waals surface area contributed by atoms with E-state index in [4.69, 9.17) is 0 Å². The highest BCUT2D eigenvalue weighted by molar-refractivity contribution is 6.30. The van der Waals surface area contributed by atoms with Gasteiger partial charge in [0.15, 0.2) is 0 Å². The molecule has 1 saturated heterocycles. The first-order chi connectivity index (χ1) is 7.24. The van der Waals surface area contributed by atoms with Crippen molar-refractivity contribution in [1.29, 1.82) is 0 Å². The van der Waals surface area contributed by atoms with Gasteiger partial charge in [-0.25, -0.2) is 9.59 Å². The molecule has 0 aromatic heterocycles. The molecule has 0 bridgehead atoms. The zero-order chi connectivity index (χ0) is 11.1. The number of hydrogen-bond acceptors (Lipinski definition) is 4. The summed E-state index contributed by atoms with van der Waals surface area (Å²) >= 11 is 0. The van der Waals surface area contributed by atoms with Crippen molar-refractivity contribution < 1.29 is 19.1 Å². The van der Waals surface area contributed by atoms with Gasteiger partial charge in [0.2, 0.25) is 0 Å². The molecule has 4 heteroatoms. The summed E-state index contributed by atoms with van der Waals surface area (Å²) in [5.41, 5.74) is 0. The second-order valence-electron chi connectivity index (χ2n) is 3.44. The lowest BCUT2D eigenvalue weighted by Crippen LogP contribution is -2.06.